The maximum Gasteiger partial charge on any atom is 0.0635 e. The molecule has 0 radical (unpaired) electrons. The fourth-order valence-electron chi connectivity index (χ4n) is 2.29. The highest BCUT2D eigenvalue weighted by molar-refractivity contribution is 7.07. The van der Waals surface area contributed by atoms with Crippen molar-refractivity contribution in [3.05, 3.63) is 22.4 Å². The molecule has 17 heavy (non-hydrogen) atoms. The lowest BCUT2D eigenvalue weighted by molar-refractivity contribution is -0.0110. The van der Waals surface area contributed by atoms with Crippen LogP contribution in [0.25, 0.3) is 0 Å². The second kappa shape index (κ2) is 5.48. The van der Waals surface area contributed by atoms with Crippen molar-refractivity contribution in [2.24, 2.45) is 0 Å². The third-order valence-corrected chi connectivity index (χ3v) is 4.27. The molecule has 1 atom stereocenters. The molecule has 1 N–H and O–H groups in total. The molecule has 1 aromatic rings. The molecule has 3 nitrogen and oxygen atoms in total. The molecule has 1 unspecified atom stereocenters. The first-order valence-corrected chi connectivity index (χ1v) is 7.42. The molecule has 1 aliphatic heterocycles. The minimum Gasteiger partial charge on any atom is -0.378 e. The van der Waals surface area contributed by atoms with Crippen molar-refractivity contribution in [1.29, 1.82) is 0 Å². The Hall–Kier alpha value is -0.420. The number of nitrogens with zero attached hydrogens (tertiary/aromatic N) is 1. The Morgan fingerprint density at radius 2 is 2.41 bits per heavy atom. The fraction of sp³-hybridized carbons (Fsp3) is 0.692. The van der Waals surface area contributed by atoms with Crippen LogP contribution in [0.1, 0.15) is 18.4 Å². The third-order valence-electron chi connectivity index (χ3n) is 3.53. The molecule has 1 saturated heterocycles. The number of nitrogens with one attached hydrogen (secondary N) is 1. The average molecular weight is 252 g/mol. The first-order chi connectivity index (χ1) is 8.42. The van der Waals surface area contributed by atoms with Crippen molar-refractivity contribution in [3.63, 3.8) is 0 Å². The lowest BCUT2D eigenvalue weighted by Crippen LogP contribution is -2.50. The zero-order chi connectivity index (χ0) is 11.5. The normalized spacial score (nSPS) is 26.2. The van der Waals surface area contributed by atoms with Gasteiger partial charge in [0.2, 0.25) is 0 Å². The molecule has 3 rings (SSSR count). The Balaban J connectivity index is 1.54. The van der Waals surface area contributed by atoms with Gasteiger partial charge in [-0.2, -0.15) is 11.3 Å². The number of morpholine rings is 1. The quantitative estimate of drug-likeness (QED) is 0.863. The molecule has 1 aromatic heterocycles. The summed E-state index contributed by atoms with van der Waals surface area (Å²) in [7, 11) is 0. The maximum absolute atomic E-state index is 5.61. The predicted molar refractivity (Wildman–Crippen MR) is 70.4 cm³/mol. The minimum absolute atomic E-state index is 0.546. The van der Waals surface area contributed by atoms with Crippen LogP contribution in [0.4, 0.5) is 0 Å². The van der Waals surface area contributed by atoms with Gasteiger partial charge in [-0.25, -0.2) is 0 Å². The Kier molecular flexibility index (Phi) is 3.76. The average Bonchev–Trinajstić information content (AvgIpc) is 3.05. The highest BCUT2D eigenvalue weighted by atomic mass is 32.1. The molecule has 1 saturated carbocycles. The number of hydrogen-bond acceptors (Lipinski definition) is 4. The van der Waals surface area contributed by atoms with Crippen LogP contribution in [-0.4, -0.2) is 43.3 Å². The first-order valence-electron chi connectivity index (χ1n) is 6.48. The van der Waals surface area contributed by atoms with Gasteiger partial charge >= 0.3 is 0 Å². The van der Waals surface area contributed by atoms with Gasteiger partial charge < -0.3 is 10.1 Å². The molecule has 0 aromatic carbocycles. The van der Waals surface area contributed by atoms with E-state index in [0.29, 0.717) is 6.04 Å². The van der Waals surface area contributed by atoms with E-state index in [1.165, 1.54) is 18.4 Å². The molecule has 94 valence electrons. The van der Waals surface area contributed by atoms with Crippen molar-refractivity contribution in [2.45, 2.75) is 31.5 Å². The SMILES string of the molecule is c1cc(CN2CCOCC2CNC2CC2)cs1. The van der Waals surface area contributed by atoms with E-state index in [9.17, 15) is 0 Å². The van der Waals surface area contributed by atoms with Crippen LogP contribution in [0.5, 0.6) is 0 Å². The first kappa shape index (κ1) is 11.7. The number of hydrogen-bond donors (Lipinski definition) is 1. The summed E-state index contributed by atoms with van der Waals surface area (Å²) in [5.41, 5.74) is 1.44. The number of rotatable bonds is 5. The summed E-state index contributed by atoms with van der Waals surface area (Å²) < 4.78 is 5.61. The highest BCUT2D eigenvalue weighted by Crippen LogP contribution is 2.20. The molecule has 2 aliphatic rings. The second-order valence-electron chi connectivity index (χ2n) is 5.01. The molecule has 2 heterocycles. The van der Waals surface area contributed by atoms with Gasteiger partial charge in [0.25, 0.3) is 0 Å². The molecule has 0 bridgehead atoms. The summed E-state index contributed by atoms with van der Waals surface area (Å²) in [5, 5.41) is 8.03. The van der Waals surface area contributed by atoms with Gasteiger partial charge in [-0.3, -0.25) is 4.90 Å². The summed E-state index contributed by atoms with van der Waals surface area (Å²) in [5.74, 6) is 0. The van der Waals surface area contributed by atoms with Crippen LogP contribution in [-0.2, 0) is 11.3 Å². The van der Waals surface area contributed by atoms with Crippen molar-refractivity contribution < 1.29 is 4.74 Å². The Labute approximate surface area is 107 Å². The second-order valence-corrected chi connectivity index (χ2v) is 5.79. The maximum atomic E-state index is 5.61. The zero-order valence-corrected chi connectivity index (χ0v) is 10.9. The molecule has 0 amide bonds. The van der Waals surface area contributed by atoms with Crippen molar-refractivity contribution in [1.82, 2.24) is 10.2 Å². The number of ether oxygens (including phenoxy) is 1. The molecule has 2 fully saturated rings. The van der Waals surface area contributed by atoms with Crippen LogP contribution in [0.15, 0.2) is 16.8 Å². The Morgan fingerprint density at radius 3 is 3.18 bits per heavy atom. The van der Waals surface area contributed by atoms with Gasteiger partial charge in [-0.15, -0.1) is 0 Å². The van der Waals surface area contributed by atoms with Gasteiger partial charge in [0.1, 0.15) is 0 Å². The Bertz CT molecular complexity index is 337. The molecule has 0 spiro atoms. The topological polar surface area (TPSA) is 24.5 Å². The van der Waals surface area contributed by atoms with Gasteiger partial charge in [0.15, 0.2) is 0 Å². The largest absolute Gasteiger partial charge is 0.378 e. The van der Waals surface area contributed by atoms with Crippen LogP contribution in [0.3, 0.4) is 0 Å². The van der Waals surface area contributed by atoms with Crippen LogP contribution in [0, 0.1) is 0 Å². The van der Waals surface area contributed by atoms with E-state index in [1.54, 1.807) is 11.3 Å². The standard InChI is InChI=1S/C13H20N2OS/c1-2-12(1)14-7-13-9-16-5-4-15(13)8-11-3-6-17-10-11/h3,6,10,12-14H,1-2,4-5,7-9H2. The van der Waals surface area contributed by atoms with Gasteiger partial charge in [0.05, 0.1) is 13.2 Å². The van der Waals surface area contributed by atoms with Crippen LogP contribution >= 0.6 is 11.3 Å². The van der Waals surface area contributed by atoms with Crippen molar-refractivity contribution in [3.8, 4) is 0 Å². The fourth-order valence-corrected chi connectivity index (χ4v) is 2.95. The minimum atomic E-state index is 0.546. The highest BCUT2D eigenvalue weighted by Gasteiger charge is 2.26. The molecule has 1 aliphatic carbocycles. The lowest BCUT2D eigenvalue weighted by Gasteiger charge is -2.35. The van der Waals surface area contributed by atoms with Gasteiger partial charge in [-0.05, 0) is 35.2 Å². The van der Waals surface area contributed by atoms with Gasteiger partial charge in [0, 0.05) is 31.7 Å². The van der Waals surface area contributed by atoms with E-state index >= 15 is 0 Å². The smallest absolute Gasteiger partial charge is 0.0635 e. The summed E-state index contributed by atoms with van der Waals surface area (Å²) in [6.07, 6.45) is 2.72. The van der Waals surface area contributed by atoms with E-state index in [4.69, 9.17) is 4.74 Å². The van der Waals surface area contributed by atoms with E-state index in [2.05, 4.69) is 27.0 Å². The van der Waals surface area contributed by atoms with Crippen LogP contribution in [0.2, 0.25) is 0 Å². The van der Waals surface area contributed by atoms with E-state index in [0.717, 1.165) is 38.9 Å². The van der Waals surface area contributed by atoms with E-state index < -0.39 is 0 Å². The van der Waals surface area contributed by atoms with E-state index in [-0.39, 0.29) is 0 Å². The van der Waals surface area contributed by atoms with Gasteiger partial charge in [-0.1, -0.05) is 0 Å². The zero-order valence-electron chi connectivity index (χ0n) is 10.1. The molecular weight excluding hydrogens is 232 g/mol. The third kappa shape index (κ3) is 3.28. The summed E-state index contributed by atoms with van der Waals surface area (Å²) in [4.78, 5) is 2.56. The van der Waals surface area contributed by atoms with Crippen molar-refractivity contribution in [2.75, 3.05) is 26.3 Å². The number of thiophene rings is 1. The Morgan fingerprint density at radius 1 is 1.47 bits per heavy atom. The molecular formula is C13H20N2OS. The summed E-state index contributed by atoms with van der Waals surface area (Å²) >= 11 is 1.78. The predicted octanol–water partition coefficient (Wildman–Crippen LogP) is 1.70. The molecule has 4 heteroatoms. The monoisotopic (exact) mass is 252 g/mol. The van der Waals surface area contributed by atoms with Crippen molar-refractivity contribution >= 4 is 11.3 Å². The summed E-state index contributed by atoms with van der Waals surface area (Å²) in [6.45, 7) is 4.97. The summed E-state index contributed by atoms with van der Waals surface area (Å²) in [6, 6.07) is 3.56. The lowest BCUT2D eigenvalue weighted by atomic mass is 10.2. The van der Waals surface area contributed by atoms with Crippen LogP contribution < -0.4 is 5.32 Å². The van der Waals surface area contributed by atoms with E-state index in [1.807, 2.05) is 0 Å².